The number of non-ortho nitro benzene ring substituents is 1. The first kappa shape index (κ1) is 11.9. The van der Waals surface area contributed by atoms with Crippen molar-refractivity contribution in [3.8, 4) is 0 Å². The van der Waals surface area contributed by atoms with Crippen molar-refractivity contribution in [3.05, 3.63) is 34.4 Å². The zero-order chi connectivity index (χ0) is 12.3. The minimum atomic E-state index is -0.387. The summed E-state index contributed by atoms with van der Waals surface area (Å²) >= 11 is 0. The van der Waals surface area contributed by atoms with E-state index in [0.717, 1.165) is 12.1 Å². The smallest absolute Gasteiger partial charge is 0.269 e. The number of nitro benzene ring substituents is 1. The molecular formula is C12H17N3O2. The number of anilines is 1. The van der Waals surface area contributed by atoms with Gasteiger partial charge in [0, 0.05) is 23.9 Å². The Hall–Kier alpha value is -1.62. The van der Waals surface area contributed by atoms with E-state index in [2.05, 4.69) is 5.32 Å². The van der Waals surface area contributed by atoms with Gasteiger partial charge < -0.3 is 11.1 Å². The van der Waals surface area contributed by atoms with E-state index < -0.39 is 0 Å². The minimum Gasteiger partial charge on any atom is -0.382 e. The highest BCUT2D eigenvalue weighted by Crippen LogP contribution is 2.28. The van der Waals surface area contributed by atoms with E-state index in [-0.39, 0.29) is 10.6 Å². The van der Waals surface area contributed by atoms with Gasteiger partial charge in [-0.1, -0.05) is 6.42 Å². The molecule has 2 unspecified atom stereocenters. The molecule has 0 spiro atoms. The van der Waals surface area contributed by atoms with Crippen LogP contribution in [0.4, 0.5) is 11.4 Å². The van der Waals surface area contributed by atoms with Crippen LogP contribution in [0.3, 0.4) is 0 Å². The molecule has 2 rings (SSSR count). The first-order valence-electron chi connectivity index (χ1n) is 5.92. The third kappa shape index (κ3) is 2.74. The van der Waals surface area contributed by atoms with Gasteiger partial charge >= 0.3 is 0 Å². The Morgan fingerprint density at radius 3 is 2.65 bits per heavy atom. The summed E-state index contributed by atoms with van der Waals surface area (Å²) in [6.45, 7) is 0.699. The molecule has 2 atom stereocenters. The van der Waals surface area contributed by atoms with Crippen molar-refractivity contribution in [1.82, 2.24) is 0 Å². The molecular weight excluding hydrogens is 218 g/mol. The zero-order valence-corrected chi connectivity index (χ0v) is 9.63. The monoisotopic (exact) mass is 235 g/mol. The average molecular weight is 235 g/mol. The lowest BCUT2D eigenvalue weighted by Gasteiger charge is -2.20. The van der Waals surface area contributed by atoms with Gasteiger partial charge in [-0.05, 0) is 37.4 Å². The number of nitrogens with one attached hydrogen (secondary N) is 1. The number of nitrogens with two attached hydrogens (primary N) is 1. The first-order valence-corrected chi connectivity index (χ1v) is 5.92. The maximum atomic E-state index is 10.5. The molecule has 17 heavy (non-hydrogen) atoms. The van der Waals surface area contributed by atoms with E-state index in [1.807, 2.05) is 0 Å². The number of nitro groups is 1. The maximum Gasteiger partial charge on any atom is 0.269 e. The fourth-order valence-corrected chi connectivity index (χ4v) is 2.40. The SMILES string of the molecule is NCC1CCCC1Nc1ccc([N+](=O)[O-])cc1. The van der Waals surface area contributed by atoms with E-state index in [1.165, 1.54) is 25.0 Å². The van der Waals surface area contributed by atoms with E-state index >= 15 is 0 Å². The molecule has 0 radical (unpaired) electrons. The minimum absolute atomic E-state index is 0.123. The molecule has 0 aliphatic heterocycles. The van der Waals surface area contributed by atoms with E-state index in [4.69, 9.17) is 5.73 Å². The van der Waals surface area contributed by atoms with Crippen LogP contribution in [-0.2, 0) is 0 Å². The highest BCUT2D eigenvalue weighted by atomic mass is 16.6. The van der Waals surface area contributed by atoms with Crippen molar-refractivity contribution in [2.24, 2.45) is 11.7 Å². The molecule has 1 aromatic carbocycles. The molecule has 0 amide bonds. The lowest BCUT2D eigenvalue weighted by Crippen LogP contribution is -2.29. The van der Waals surface area contributed by atoms with Crippen LogP contribution in [0.25, 0.3) is 0 Å². The van der Waals surface area contributed by atoms with Gasteiger partial charge in [0.1, 0.15) is 0 Å². The summed E-state index contributed by atoms with van der Waals surface area (Å²) in [6.07, 6.45) is 3.49. The van der Waals surface area contributed by atoms with Gasteiger partial charge in [-0.15, -0.1) is 0 Å². The summed E-state index contributed by atoms with van der Waals surface area (Å²) in [5.74, 6) is 0.519. The second kappa shape index (κ2) is 5.14. The Kier molecular flexibility index (Phi) is 3.58. The Labute approximate surface area is 100 Å². The molecule has 1 saturated carbocycles. The van der Waals surface area contributed by atoms with Crippen LogP contribution in [0.5, 0.6) is 0 Å². The summed E-state index contributed by atoms with van der Waals surface area (Å²) < 4.78 is 0. The van der Waals surface area contributed by atoms with Crippen molar-refractivity contribution >= 4 is 11.4 Å². The van der Waals surface area contributed by atoms with Crippen molar-refractivity contribution in [1.29, 1.82) is 0 Å². The quantitative estimate of drug-likeness (QED) is 0.618. The summed E-state index contributed by atoms with van der Waals surface area (Å²) in [5, 5.41) is 13.9. The molecule has 1 aliphatic rings. The van der Waals surface area contributed by atoms with Gasteiger partial charge in [0.25, 0.3) is 5.69 Å². The fourth-order valence-electron chi connectivity index (χ4n) is 2.40. The normalized spacial score (nSPS) is 23.6. The van der Waals surface area contributed by atoms with E-state index in [1.54, 1.807) is 12.1 Å². The Morgan fingerprint density at radius 1 is 1.35 bits per heavy atom. The lowest BCUT2D eigenvalue weighted by molar-refractivity contribution is -0.384. The number of nitrogens with zero attached hydrogens (tertiary/aromatic N) is 1. The predicted molar refractivity (Wildman–Crippen MR) is 66.9 cm³/mol. The molecule has 0 bridgehead atoms. The summed E-state index contributed by atoms with van der Waals surface area (Å²) in [7, 11) is 0. The lowest BCUT2D eigenvalue weighted by atomic mass is 10.0. The topological polar surface area (TPSA) is 81.2 Å². The Bertz CT molecular complexity index is 391. The van der Waals surface area contributed by atoms with Crippen molar-refractivity contribution in [2.45, 2.75) is 25.3 Å². The largest absolute Gasteiger partial charge is 0.382 e. The molecule has 3 N–H and O–H groups in total. The molecule has 0 heterocycles. The second-order valence-electron chi connectivity index (χ2n) is 4.48. The van der Waals surface area contributed by atoms with Gasteiger partial charge in [-0.2, -0.15) is 0 Å². The number of hydrogen-bond donors (Lipinski definition) is 2. The summed E-state index contributed by atoms with van der Waals surface area (Å²) in [6, 6.07) is 6.96. The number of rotatable bonds is 4. The highest BCUT2D eigenvalue weighted by Gasteiger charge is 2.25. The molecule has 1 aromatic rings. The predicted octanol–water partition coefficient (Wildman–Crippen LogP) is 2.13. The second-order valence-corrected chi connectivity index (χ2v) is 4.48. The van der Waals surface area contributed by atoms with Crippen LogP contribution < -0.4 is 11.1 Å². The highest BCUT2D eigenvalue weighted by molar-refractivity contribution is 5.49. The van der Waals surface area contributed by atoms with Crippen LogP contribution in [0.15, 0.2) is 24.3 Å². The Morgan fingerprint density at radius 2 is 2.06 bits per heavy atom. The molecule has 0 aromatic heterocycles. The van der Waals surface area contributed by atoms with Crippen LogP contribution >= 0.6 is 0 Å². The van der Waals surface area contributed by atoms with Crippen molar-refractivity contribution in [3.63, 3.8) is 0 Å². The van der Waals surface area contributed by atoms with E-state index in [9.17, 15) is 10.1 Å². The van der Waals surface area contributed by atoms with Gasteiger partial charge in [0.15, 0.2) is 0 Å². The number of benzene rings is 1. The van der Waals surface area contributed by atoms with Crippen LogP contribution in [-0.4, -0.2) is 17.5 Å². The van der Waals surface area contributed by atoms with Gasteiger partial charge in [0.2, 0.25) is 0 Å². The maximum absolute atomic E-state index is 10.5. The third-order valence-electron chi connectivity index (χ3n) is 3.39. The summed E-state index contributed by atoms with van der Waals surface area (Å²) in [5.41, 5.74) is 6.77. The van der Waals surface area contributed by atoms with Crippen molar-refractivity contribution < 1.29 is 4.92 Å². The molecule has 5 heteroatoms. The first-order chi connectivity index (χ1) is 8.20. The number of hydrogen-bond acceptors (Lipinski definition) is 4. The zero-order valence-electron chi connectivity index (χ0n) is 9.63. The van der Waals surface area contributed by atoms with Gasteiger partial charge in [-0.3, -0.25) is 10.1 Å². The molecule has 1 aliphatic carbocycles. The Balaban J connectivity index is 2.01. The molecule has 92 valence electrons. The molecule has 5 nitrogen and oxygen atoms in total. The van der Waals surface area contributed by atoms with Gasteiger partial charge in [-0.25, -0.2) is 0 Å². The van der Waals surface area contributed by atoms with Gasteiger partial charge in [0.05, 0.1) is 4.92 Å². The third-order valence-corrected chi connectivity index (χ3v) is 3.39. The van der Waals surface area contributed by atoms with E-state index in [0.29, 0.717) is 18.5 Å². The van der Waals surface area contributed by atoms with Crippen LogP contribution in [0.2, 0.25) is 0 Å². The van der Waals surface area contributed by atoms with Crippen LogP contribution in [0.1, 0.15) is 19.3 Å². The van der Waals surface area contributed by atoms with Crippen LogP contribution in [0, 0.1) is 16.0 Å². The molecule has 0 saturated heterocycles. The fraction of sp³-hybridized carbons (Fsp3) is 0.500. The summed E-state index contributed by atoms with van der Waals surface area (Å²) in [4.78, 5) is 10.1. The molecule has 1 fully saturated rings. The average Bonchev–Trinajstić information content (AvgIpc) is 2.77. The van der Waals surface area contributed by atoms with Crippen molar-refractivity contribution in [2.75, 3.05) is 11.9 Å². The standard InChI is InChI=1S/C12H17N3O2/c13-8-9-2-1-3-12(9)14-10-4-6-11(7-5-10)15(16)17/h4-7,9,12,14H,1-3,8,13H2.